The van der Waals surface area contributed by atoms with E-state index in [0.29, 0.717) is 5.76 Å². The number of aliphatic carboxylic acids is 1. The second kappa shape index (κ2) is 3.72. The summed E-state index contributed by atoms with van der Waals surface area (Å²) in [7, 11) is 0. The first-order valence-corrected chi connectivity index (χ1v) is 6.37. The van der Waals surface area contributed by atoms with Gasteiger partial charge in [-0.15, -0.1) is 0 Å². The fourth-order valence-corrected chi connectivity index (χ4v) is 3.12. The lowest BCUT2D eigenvalue weighted by molar-refractivity contribution is -0.137. The van der Waals surface area contributed by atoms with Gasteiger partial charge < -0.3 is 14.7 Å². The van der Waals surface area contributed by atoms with Crippen molar-refractivity contribution < 1.29 is 19.4 Å². The molecule has 4 aliphatic rings. The minimum atomic E-state index is -1.19. The van der Waals surface area contributed by atoms with E-state index < -0.39 is 17.9 Å². The molecule has 0 radical (unpaired) electrons. The number of ketones is 1. The maximum absolute atomic E-state index is 12.1. The first-order chi connectivity index (χ1) is 9.66. The predicted molar refractivity (Wildman–Crippen MR) is 69.5 cm³/mol. The van der Waals surface area contributed by atoms with Gasteiger partial charge in [-0.2, -0.15) is 0 Å². The molecule has 0 aromatic rings. The van der Waals surface area contributed by atoms with Gasteiger partial charge in [0.25, 0.3) is 0 Å². The molecule has 1 saturated heterocycles. The van der Waals surface area contributed by atoms with E-state index in [1.54, 1.807) is 0 Å². The molecular weight excluding hydrogens is 258 g/mol. The van der Waals surface area contributed by atoms with Crippen molar-refractivity contribution in [3.8, 4) is 0 Å². The van der Waals surface area contributed by atoms with Gasteiger partial charge in [0, 0.05) is 6.20 Å². The van der Waals surface area contributed by atoms with E-state index in [1.807, 2.05) is 41.5 Å². The number of Topliss-reactive ketones (excluding diaryl/α,β-unsaturated/α-hetero) is 1. The molecule has 5 heteroatoms. The summed E-state index contributed by atoms with van der Waals surface area (Å²) in [5.74, 6) is -0.960. The van der Waals surface area contributed by atoms with Crippen LogP contribution >= 0.6 is 0 Å². The van der Waals surface area contributed by atoms with Crippen molar-refractivity contribution in [1.29, 1.82) is 0 Å². The van der Waals surface area contributed by atoms with Gasteiger partial charge in [-0.25, -0.2) is 4.79 Å². The molecule has 4 rings (SSSR count). The average Bonchev–Trinajstić information content (AvgIpc) is 2.78. The van der Waals surface area contributed by atoms with E-state index in [1.165, 1.54) is 6.08 Å². The fourth-order valence-electron chi connectivity index (χ4n) is 3.12. The van der Waals surface area contributed by atoms with Crippen LogP contribution in [-0.4, -0.2) is 39.9 Å². The van der Waals surface area contributed by atoms with Crippen molar-refractivity contribution >= 4 is 11.8 Å². The summed E-state index contributed by atoms with van der Waals surface area (Å²) in [6.07, 6.45) is 12.2. The lowest BCUT2D eigenvalue weighted by Crippen LogP contribution is -2.54. The smallest absolute Gasteiger partial charge is 0.339 e. The highest BCUT2D eigenvalue weighted by Gasteiger charge is 2.50. The summed E-state index contributed by atoms with van der Waals surface area (Å²) in [6.45, 7) is 0. The predicted octanol–water partition coefficient (Wildman–Crippen LogP) is 0.925. The summed E-state index contributed by atoms with van der Waals surface area (Å²) in [4.78, 5) is 25.2. The second-order valence-electron chi connectivity index (χ2n) is 5.06. The number of hydrogen-bond acceptors (Lipinski definition) is 4. The van der Waals surface area contributed by atoms with E-state index in [9.17, 15) is 9.59 Å². The molecule has 1 N–H and O–H groups in total. The van der Waals surface area contributed by atoms with Crippen LogP contribution in [0.1, 0.15) is 0 Å². The highest BCUT2D eigenvalue weighted by atomic mass is 16.5. The molecule has 1 fully saturated rings. The Balaban J connectivity index is 1.81. The van der Waals surface area contributed by atoms with Gasteiger partial charge in [0.1, 0.15) is 17.4 Å². The number of carbonyl (C=O) groups excluding carboxylic acids is 1. The lowest BCUT2D eigenvalue weighted by Gasteiger charge is -2.46. The Kier molecular flexibility index (Phi) is 2.10. The maximum Gasteiger partial charge on any atom is 0.339 e. The number of ether oxygens (including phenoxy) is 1. The zero-order valence-electron chi connectivity index (χ0n) is 10.4. The molecule has 0 amide bonds. The summed E-state index contributed by atoms with van der Waals surface area (Å²) < 4.78 is 5.77. The van der Waals surface area contributed by atoms with Crippen LogP contribution in [0.2, 0.25) is 0 Å². The van der Waals surface area contributed by atoms with E-state index >= 15 is 0 Å². The zero-order chi connectivity index (χ0) is 13.9. The Bertz CT molecular complexity index is 680. The van der Waals surface area contributed by atoms with Crippen LogP contribution in [0.3, 0.4) is 0 Å². The highest BCUT2D eigenvalue weighted by molar-refractivity contribution is 6.20. The normalized spacial score (nSPS) is 32.8. The number of nitrogens with zero attached hydrogens (tertiary/aromatic N) is 1. The molecular formula is C15H11NO4. The molecule has 0 bridgehead atoms. The van der Waals surface area contributed by atoms with Crippen molar-refractivity contribution in [1.82, 2.24) is 4.90 Å². The molecule has 3 unspecified atom stereocenters. The van der Waals surface area contributed by atoms with Crippen molar-refractivity contribution in [2.45, 2.75) is 18.2 Å². The van der Waals surface area contributed by atoms with E-state index in [4.69, 9.17) is 9.84 Å². The molecule has 0 spiro atoms. The Hall–Kier alpha value is -2.56. The first kappa shape index (κ1) is 11.3. The Morgan fingerprint density at radius 3 is 2.95 bits per heavy atom. The van der Waals surface area contributed by atoms with Gasteiger partial charge >= 0.3 is 5.97 Å². The quantitative estimate of drug-likeness (QED) is 0.717. The van der Waals surface area contributed by atoms with Gasteiger partial charge in [-0.05, 0) is 23.8 Å². The van der Waals surface area contributed by atoms with Crippen LogP contribution in [0.5, 0.6) is 0 Å². The maximum atomic E-state index is 12.1. The first-order valence-electron chi connectivity index (χ1n) is 6.37. The number of fused-ring (bicyclic) bond motifs is 2. The second-order valence-corrected chi connectivity index (χ2v) is 5.06. The number of allylic oxidation sites excluding steroid dienone is 4. The van der Waals surface area contributed by atoms with Crippen LogP contribution in [0, 0.1) is 0 Å². The molecule has 20 heavy (non-hydrogen) atoms. The number of morpholine rings is 1. The van der Waals surface area contributed by atoms with Crippen LogP contribution in [0.25, 0.3) is 0 Å². The number of carboxylic acids is 1. The third-order valence-electron chi connectivity index (χ3n) is 3.99. The Morgan fingerprint density at radius 1 is 1.30 bits per heavy atom. The number of hydrogen-bond donors (Lipinski definition) is 1. The SMILES string of the molecule is O=C(O)C1=CC2C(OC3=CC=CC4=CC=CN2C43)C1=O. The van der Waals surface area contributed by atoms with Crippen molar-refractivity contribution in [2.75, 3.05) is 0 Å². The zero-order valence-corrected chi connectivity index (χ0v) is 10.4. The largest absolute Gasteiger partial charge is 0.481 e. The van der Waals surface area contributed by atoms with Crippen LogP contribution in [0.4, 0.5) is 0 Å². The highest BCUT2D eigenvalue weighted by Crippen LogP contribution is 2.39. The standard InChI is InChI=1S/C15H11NO4/c17-13-9(15(18)19)7-10-14(13)20-11-5-1-3-8-4-2-6-16(10)12(8)11/h1-7,10,12,14H,(H,18,19). The van der Waals surface area contributed by atoms with Gasteiger partial charge in [0.05, 0.1) is 6.04 Å². The summed E-state index contributed by atoms with van der Waals surface area (Å²) in [6, 6.07) is -0.425. The Morgan fingerprint density at radius 2 is 2.15 bits per heavy atom. The summed E-state index contributed by atoms with van der Waals surface area (Å²) >= 11 is 0. The third-order valence-corrected chi connectivity index (χ3v) is 3.99. The molecule has 2 aliphatic carbocycles. The van der Waals surface area contributed by atoms with Crippen molar-refractivity contribution in [3.63, 3.8) is 0 Å². The van der Waals surface area contributed by atoms with E-state index in [-0.39, 0.29) is 17.7 Å². The molecule has 5 nitrogen and oxygen atoms in total. The summed E-state index contributed by atoms with van der Waals surface area (Å²) in [5.41, 5.74) is 0.893. The van der Waals surface area contributed by atoms with Crippen molar-refractivity contribution in [3.05, 3.63) is 59.6 Å². The molecule has 2 heterocycles. The molecule has 2 aliphatic heterocycles. The molecule has 100 valence electrons. The summed E-state index contributed by atoms with van der Waals surface area (Å²) in [5, 5.41) is 9.09. The van der Waals surface area contributed by atoms with E-state index in [0.717, 1.165) is 5.57 Å². The number of carboxylic acid groups (broad SMARTS) is 1. The van der Waals surface area contributed by atoms with Crippen LogP contribution < -0.4 is 0 Å². The average molecular weight is 269 g/mol. The van der Waals surface area contributed by atoms with Gasteiger partial charge in [0.2, 0.25) is 5.78 Å². The minimum absolute atomic E-state index is 0.0663. The minimum Gasteiger partial charge on any atom is -0.481 e. The van der Waals surface area contributed by atoms with Gasteiger partial charge in [-0.1, -0.05) is 18.2 Å². The van der Waals surface area contributed by atoms with Gasteiger partial charge in [0.15, 0.2) is 6.10 Å². The monoisotopic (exact) mass is 269 g/mol. The lowest BCUT2D eigenvalue weighted by atomic mass is 9.92. The molecule has 0 saturated carbocycles. The number of rotatable bonds is 1. The molecule has 0 aromatic heterocycles. The molecule has 3 atom stereocenters. The Labute approximate surface area is 114 Å². The number of carbonyl (C=O) groups is 2. The van der Waals surface area contributed by atoms with Crippen LogP contribution in [-0.2, 0) is 14.3 Å². The van der Waals surface area contributed by atoms with E-state index in [2.05, 4.69) is 0 Å². The van der Waals surface area contributed by atoms with Crippen molar-refractivity contribution in [2.24, 2.45) is 0 Å². The topological polar surface area (TPSA) is 66.8 Å². The van der Waals surface area contributed by atoms with Gasteiger partial charge in [-0.3, -0.25) is 4.79 Å². The third kappa shape index (κ3) is 1.32. The fraction of sp³-hybridized carbons (Fsp3) is 0.200. The van der Waals surface area contributed by atoms with Crippen LogP contribution in [0.15, 0.2) is 59.6 Å². The molecule has 0 aromatic carbocycles.